The lowest BCUT2D eigenvalue weighted by Crippen LogP contribution is -2.29. The van der Waals surface area contributed by atoms with E-state index >= 15 is 0 Å². The lowest BCUT2D eigenvalue weighted by atomic mass is 10.3. The van der Waals surface area contributed by atoms with Crippen LogP contribution in [0.1, 0.15) is 31.4 Å². The van der Waals surface area contributed by atoms with Crippen LogP contribution in [0.5, 0.6) is 0 Å². The van der Waals surface area contributed by atoms with Crippen molar-refractivity contribution in [2.24, 2.45) is 0 Å². The van der Waals surface area contributed by atoms with Crippen molar-refractivity contribution in [2.75, 3.05) is 0 Å². The zero-order chi connectivity index (χ0) is 20.7. The number of imidazole rings is 1. The van der Waals surface area contributed by atoms with E-state index in [0.29, 0.717) is 0 Å². The standard InChI is InChI=1S/C17H16F4N4O2S/c1-3-25-13-8-15(17(19,20)21)22-9-12(13)23-16(25)10(2)24-28(26,27)14-7-5-4-6-11(14)18/h4-10,24H,3H2,1-2H3. The summed E-state index contributed by atoms with van der Waals surface area (Å²) in [7, 11) is -4.21. The van der Waals surface area contributed by atoms with Crippen LogP contribution in [0.3, 0.4) is 0 Å². The Balaban J connectivity index is 2.02. The number of fused-ring (bicyclic) bond motifs is 1. The van der Waals surface area contributed by atoms with E-state index in [1.807, 2.05) is 0 Å². The molecule has 0 radical (unpaired) electrons. The van der Waals surface area contributed by atoms with Gasteiger partial charge in [-0.3, -0.25) is 0 Å². The van der Waals surface area contributed by atoms with Crippen LogP contribution >= 0.6 is 0 Å². The quantitative estimate of drug-likeness (QED) is 0.644. The summed E-state index contributed by atoms with van der Waals surface area (Å²) in [6.07, 6.45) is -3.62. The van der Waals surface area contributed by atoms with Gasteiger partial charge >= 0.3 is 6.18 Å². The molecule has 0 amide bonds. The van der Waals surface area contributed by atoms with Crippen LogP contribution < -0.4 is 4.72 Å². The van der Waals surface area contributed by atoms with Gasteiger partial charge in [0.05, 0.1) is 17.8 Å². The van der Waals surface area contributed by atoms with E-state index in [4.69, 9.17) is 0 Å². The molecule has 3 aromatic rings. The predicted molar refractivity (Wildman–Crippen MR) is 93.3 cm³/mol. The number of aromatic nitrogens is 3. The van der Waals surface area contributed by atoms with Crippen molar-refractivity contribution in [3.63, 3.8) is 0 Å². The van der Waals surface area contributed by atoms with Crippen LogP contribution in [-0.4, -0.2) is 23.0 Å². The van der Waals surface area contributed by atoms with Crippen molar-refractivity contribution < 1.29 is 26.0 Å². The highest BCUT2D eigenvalue weighted by molar-refractivity contribution is 7.89. The number of hydrogen-bond donors (Lipinski definition) is 1. The first kappa shape index (κ1) is 20.2. The largest absolute Gasteiger partial charge is 0.433 e. The molecule has 11 heteroatoms. The molecule has 0 aliphatic rings. The van der Waals surface area contributed by atoms with Crippen LogP contribution in [0, 0.1) is 5.82 Å². The first-order chi connectivity index (χ1) is 13.0. The van der Waals surface area contributed by atoms with Crippen molar-refractivity contribution in [1.82, 2.24) is 19.3 Å². The molecule has 1 unspecified atom stereocenters. The van der Waals surface area contributed by atoms with Crippen LogP contribution in [0.4, 0.5) is 17.6 Å². The molecule has 6 nitrogen and oxygen atoms in total. The summed E-state index contributed by atoms with van der Waals surface area (Å²) >= 11 is 0. The molecule has 3 rings (SSSR count). The van der Waals surface area contributed by atoms with Gasteiger partial charge in [0.1, 0.15) is 27.7 Å². The number of benzene rings is 1. The summed E-state index contributed by atoms with van der Waals surface area (Å²) in [5.74, 6) is -0.719. The molecule has 0 aliphatic carbocycles. The van der Waals surface area contributed by atoms with E-state index in [9.17, 15) is 26.0 Å². The average molecular weight is 416 g/mol. The fraction of sp³-hybridized carbons (Fsp3) is 0.294. The van der Waals surface area contributed by atoms with E-state index in [2.05, 4.69) is 14.7 Å². The zero-order valence-electron chi connectivity index (χ0n) is 14.8. The average Bonchev–Trinajstić information content (AvgIpc) is 2.98. The summed E-state index contributed by atoms with van der Waals surface area (Å²) in [6.45, 7) is 3.42. The van der Waals surface area contributed by atoms with E-state index in [1.165, 1.54) is 23.6 Å². The third kappa shape index (κ3) is 3.72. The number of nitrogens with one attached hydrogen (secondary N) is 1. The molecule has 0 aliphatic heterocycles. The molecular weight excluding hydrogens is 400 g/mol. The van der Waals surface area contributed by atoms with Gasteiger partial charge in [-0.15, -0.1) is 0 Å². The third-order valence-electron chi connectivity index (χ3n) is 4.12. The Bertz CT molecular complexity index is 1130. The molecule has 28 heavy (non-hydrogen) atoms. The second-order valence-corrected chi connectivity index (χ2v) is 7.73. The molecule has 1 aromatic carbocycles. The maximum absolute atomic E-state index is 13.9. The van der Waals surface area contributed by atoms with Gasteiger partial charge in [-0.2, -0.15) is 13.2 Å². The van der Waals surface area contributed by atoms with Crippen molar-refractivity contribution in [2.45, 2.75) is 37.5 Å². The summed E-state index contributed by atoms with van der Waals surface area (Å²) in [6, 6.07) is 4.82. The Labute approximate surface area is 158 Å². The Morgan fingerprint density at radius 1 is 1.25 bits per heavy atom. The summed E-state index contributed by atoms with van der Waals surface area (Å²) in [4.78, 5) is 7.06. The zero-order valence-corrected chi connectivity index (χ0v) is 15.6. The van der Waals surface area contributed by atoms with Crippen LogP contribution in [-0.2, 0) is 22.7 Å². The van der Waals surface area contributed by atoms with Crippen LogP contribution in [0.25, 0.3) is 11.0 Å². The molecule has 2 aromatic heterocycles. The molecule has 0 bridgehead atoms. The summed E-state index contributed by atoms with van der Waals surface area (Å²) in [5.41, 5.74) is -0.695. The Hall–Kier alpha value is -2.53. The second kappa shape index (κ2) is 7.13. The lowest BCUT2D eigenvalue weighted by molar-refractivity contribution is -0.141. The van der Waals surface area contributed by atoms with Gasteiger partial charge in [-0.05, 0) is 32.0 Å². The van der Waals surface area contributed by atoms with E-state index < -0.39 is 38.6 Å². The van der Waals surface area contributed by atoms with Crippen molar-refractivity contribution in [3.8, 4) is 0 Å². The van der Waals surface area contributed by atoms with Gasteiger partial charge in [-0.25, -0.2) is 27.5 Å². The normalized spacial score (nSPS) is 13.8. The third-order valence-corrected chi connectivity index (χ3v) is 5.69. The highest BCUT2D eigenvalue weighted by Crippen LogP contribution is 2.30. The number of aryl methyl sites for hydroxylation is 1. The van der Waals surface area contributed by atoms with E-state index in [-0.39, 0.29) is 23.4 Å². The maximum atomic E-state index is 13.9. The fourth-order valence-electron chi connectivity index (χ4n) is 2.88. The maximum Gasteiger partial charge on any atom is 0.433 e. The highest BCUT2D eigenvalue weighted by Gasteiger charge is 2.33. The Morgan fingerprint density at radius 2 is 1.93 bits per heavy atom. The number of pyridine rings is 1. The smallest absolute Gasteiger partial charge is 0.327 e. The van der Waals surface area contributed by atoms with Gasteiger partial charge in [0.25, 0.3) is 0 Å². The number of sulfonamides is 1. The Morgan fingerprint density at radius 3 is 2.54 bits per heavy atom. The van der Waals surface area contributed by atoms with E-state index in [1.54, 1.807) is 6.92 Å². The predicted octanol–water partition coefficient (Wildman–Crippen LogP) is 3.65. The molecule has 2 heterocycles. The minimum absolute atomic E-state index is 0.178. The Kier molecular flexibility index (Phi) is 5.15. The van der Waals surface area contributed by atoms with Crippen LogP contribution in [0.2, 0.25) is 0 Å². The van der Waals surface area contributed by atoms with Gasteiger partial charge < -0.3 is 4.57 Å². The molecular formula is C17H16F4N4O2S. The van der Waals surface area contributed by atoms with Crippen LogP contribution in [0.15, 0.2) is 41.4 Å². The van der Waals surface area contributed by atoms with Crippen molar-refractivity contribution in [1.29, 1.82) is 0 Å². The molecule has 1 N–H and O–H groups in total. The lowest BCUT2D eigenvalue weighted by Gasteiger charge is -2.16. The van der Waals surface area contributed by atoms with Gasteiger partial charge in [-0.1, -0.05) is 12.1 Å². The molecule has 0 fully saturated rings. The highest BCUT2D eigenvalue weighted by atomic mass is 32.2. The topological polar surface area (TPSA) is 76.9 Å². The summed E-state index contributed by atoms with van der Waals surface area (Å²) < 4.78 is 81.4. The summed E-state index contributed by atoms with van der Waals surface area (Å²) in [5, 5.41) is 0. The number of rotatable bonds is 5. The van der Waals surface area contributed by atoms with Crippen molar-refractivity contribution in [3.05, 3.63) is 53.9 Å². The van der Waals surface area contributed by atoms with E-state index in [0.717, 1.165) is 24.4 Å². The molecule has 1 atom stereocenters. The second-order valence-electron chi connectivity index (χ2n) is 6.04. The SMILES string of the molecule is CCn1c(C(C)NS(=O)(=O)c2ccccc2F)nc2cnc(C(F)(F)F)cc21. The molecule has 0 saturated carbocycles. The van der Waals surface area contributed by atoms with Crippen molar-refractivity contribution >= 4 is 21.1 Å². The molecule has 150 valence electrons. The first-order valence-corrected chi connectivity index (χ1v) is 9.73. The number of halogens is 4. The number of nitrogens with zero attached hydrogens (tertiary/aromatic N) is 3. The first-order valence-electron chi connectivity index (χ1n) is 8.25. The van der Waals surface area contributed by atoms with Gasteiger partial charge in [0.15, 0.2) is 0 Å². The fourth-order valence-corrected chi connectivity index (χ4v) is 4.16. The number of alkyl halides is 3. The monoisotopic (exact) mass is 416 g/mol. The molecule has 0 spiro atoms. The number of hydrogen-bond acceptors (Lipinski definition) is 4. The minimum atomic E-state index is -4.62. The molecule has 0 saturated heterocycles. The van der Waals surface area contributed by atoms with Gasteiger partial charge in [0.2, 0.25) is 10.0 Å². The van der Waals surface area contributed by atoms with Gasteiger partial charge in [0, 0.05) is 6.54 Å². The minimum Gasteiger partial charge on any atom is -0.327 e.